The van der Waals surface area contributed by atoms with E-state index in [2.05, 4.69) is 9.88 Å². The zero-order valence-electron chi connectivity index (χ0n) is 12.8. The van der Waals surface area contributed by atoms with Crippen molar-refractivity contribution in [2.45, 2.75) is 19.6 Å². The molecule has 1 aromatic carbocycles. The first kappa shape index (κ1) is 15.5. The van der Waals surface area contributed by atoms with Gasteiger partial charge in [-0.05, 0) is 43.8 Å². The van der Waals surface area contributed by atoms with Gasteiger partial charge in [0.25, 0.3) is 0 Å². The molecule has 1 atom stereocenters. The molecule has 112 valence electrons. The van der Waals surface area contributed by atoms with E-state index < -0.39 is 6.10 Å². The summed E-state index contributed by atoms with van der Waals surface area (Å²) in [6.07, 6.45) is 2.98. The Kier molecular flexibility index (Phi) is 5.31. The SMILES string of the molecule is COc1ccc(C)cc1C(O)CN(C)Cc1ccncc1. The summed E-state index contributed by atoms with van der Waals surface area (Å²) in [6.45, 7) is 3.33. The number of pyridine rings is 1. The van der Waals surface area contributed by atoms with Crippen molar-refractivity contribution < 1.29 is 9.84 Å². The molecule has 4 nitrogen and oxygen atoms in total. The largest absolute Gasteiger partial charge is 0.496 e. The number of aliphatic hydroxyl groups is 1. The minimum absolute atomic E-state index is 0.544. The maximum Gasteiger partial charge on any atom is 0.124 e. The van der Waals surface area contributed by atoms with Crippen LogP contribution in [-0.2, 0) is 6.54 Å². The molecule has 2 rings (SSSR count). The van der Waals surface area contributed by atoms with Crippen LogP contribution in [-0.4, -0.2) is 35.7 Å². The van der Waals surface area contributed by atoms with E-state index in [4.69, 9.17) is 4.74 Å². The van der Waals surface area contributed by atoms with Crippen molar-refractivity contribution in [3.63, 3.8) is 0 Å². The van der Waals surface area contributed by atoms with Crippen molar-refractivity contribution in [3.8, 4) is 5.75 Å². The van der Waals surface area contributed by atoms with Crippen molar-refractivity contribution in [1.29, 1.82) is 0 Å². The van der Waals surface area contributed by atoms with E-state index >= 15 is 0 Å². The summed E-state index contributed by atoms with van der Waals surface area (Å²) < 4.78 is 5.33. The van der Waals surface area contributed by atoms with Gasteiger partial charge in [0.15, 0.2) is 0 Å². The van der Waals surface area contributed by atoms with Gasteiger partial charge in [0.2, 0.25) is 0 Å². The van der Waals surface area contributed by atoms with Gasteiger partial charge in [-0.15, -0.1) is 0 Å². The van der Waals surface area contributed by atoms with Crippen LogP contribution in [0.3, 0.4) is 0 Å². The normalized spacial score (nSPS) is 12.4. The van der Waals surface area contributed by atoms with Gasteiger partial charge in [0.05, 0.1) is 13.2 Å². The predicted octanol–water partition coefficient (Wildman–Crippen LogP) is 2.56. The second-order valence-corrected chi connectivity index (χ2v) is 5.31. The number of benzene rings is 1. The van der Waals surface area contributed by atoms with Crippen LogP contribution in [0.25, 0.3) is 0 Å². The number of methoxy groups -OCH3 is 1. The third-order valence-corrected chi connectivity index (χ3v) is 3.43. The molecule has 0 saturated heterocycles. The van der Waals surface area contributed by atoms with E-state index in [1.165, 1.54) is 5.56 Å². The van der Waals surface area contributed by atoms with Crippen molar-refractivity contribution in [2.75, 3.05) is 20.7 Å². The lowest BCUT2D eigenvalue weighted by Gasteiger charge is -2.22. The summed E-state index contributed by atoms with van der Waals surface area (Å²) in [7, 11) is 3.62. The van der Waals surface area contributed by atoms with Gasteiger partial charge in [-0.25, -0.2) is 0 Å². The highest BCUT2D eigenvalue weighted by atomic mass is 16.5. The summed E-state index contributed by atoms with van der Waals surface area (Å²) in [5.41, 5.74) is 3.12. The molecule has 0 fully saturated rings. The van der Waals surface area contributed by atoms with E-state index in [1.807, 2.05) is 44.3 Å². The Balaban J connectivity index is 2.03. The summed E-state index contributed by atoms with van der Waals surface area (Å²) in [4.78, 5) is 6.09. The maximum atomic E-state index is 10.5. The number of ether oxygens (including phenoxy) is 1. The molecule has 1 aromatic heterocycles. The summed E-state index contributed by atoms with van der Waals surface area (Å²) in [5, 5.41) is 10.5. The van der Waals surface area contributed by atoms with Crippen LogP contribution >= 0.6 is 0 Å². The molecule has 0 radical (unpaired) electrons. The van der Waals surface area contributed by atoms with E-state index in [0.29, 0.717) is 6.54 Å². The van der Waals surface area contributed by atoms with E-state index in [0.717, 1.165) is 23.4 Å². The highest BCUT2D eigenvalue weighted by Gasteiger charge is 2.15. The highest BCUT2D eigenvalue weighted by Crippen LogP contribution is 2.26. The van der Waals surface area contributed by atoms with Crippen LogP contribution in [0.15, 0.2) is 42.7 Å². The van der Waals surface area contributed by atoms with Crippen molar-refractivity contribution in [3.05, 3.63) is 59.4 Å². The van der Waals surface area contributed by atoms with E-state index in [1.54, 1.807) is 19.5 Å². The van der Waals surface area contributed by atoms with Gasteiger partial charge < -0.3 is 9.84 Å². The molecular formula is C17H22N2O2. The number of hydrogen-bond donors (Lipinski definition) is 1. The third kappa shape index (κ3) is 4.28. The third-order valence-electron chi connectivity index (χ3n) is 3.43. The number of likely N-dealkylation sites (N-methyl/N-ethyl adjacent to an activating group) is 1. The molecule has 0 aliphatic carbocycles. The van der Waals surface area contributed by atoms with Gasteiger partial charge in [0.1, 0.15) is 5.75 Å². The fourth-order valence-electron chi connectivity index (χ4n) is 2.37. The zero-order chi connectivity index (χ0) is 15.2. The van der Waals surface area contributed by atoms with E-state index in [-0.39, 0.29) is 0 Å². The molecule has 0 saturated carbocycles. The Morgan fingerprint density at radius 3 is 2.62 bits per heavy atom. The lowest BCUT2D eigenvalue weighted by Crippen LogP contribution is -2.24. The first-order valence-corrected chi connectivity index (χ1v) is 7.00. The molecule has 0 aliphatic heterocycles. The number of hydrogen-bond acceptors (Lipinski definition) is 4. The Hall–Kier alpha value is -1.91. The lowest BCUT2D eigenvalue weighted by molar-refractivity contribution is 0.121. The molecule has 0 amide bonds. The lowest BCUT2D eigenvalue weighted by atomic mass is 10.0. The van der Waals surface area contributed by atoms with Crippen LogP contribution in [0.5, 0.6) is 5.75 Å². The van der Waals surface area contributed by atoms with Crippen LogP contribution in [0.2, 0.25) is 0 Å². The monoisotopic (exact) mass is 286 g/mol. The standard InChI is InChI=1S/C17H22N2O2/c1-13-4-5-17(21-3)15(10-13)16(20)12-19(2)11-14-6-8-18-9-7-14/h4-10,16,20H,11-12H2,1-3H3. The molecule has 0 aliphatic rings. The Labute approximate surface area is 126 Å². The molecular weight excluding hydrogens is 264 g/mol. The quantitative estimate of drug-likeness (QED) is 0.886. The van der Waals surface area contributed by atoms with E-state index in [9.17, 15) is 5.11 Å². The molecule has 21 heavy (non-hydrogen) atoms. The van der Waals surface area contributed by atoms with Gasteiger partial charge in [-0.3, -0.25) is 9.88 Å². The molecule has 1 N–H and O–H groups in total. The Bertz CT molecular complexity index is 572. The number of aliphatic hydroxyl groups excluding tert-OH is 1. The van der Waals surface area contributed by atoms with Gasteiger partial charge in [0, 0.05) is 31.0 Å². The van der Waals surface area contributed by atoms with Crippen molar-refractivity contribution in [2.24, 2.45) is 0 Å². The fourth-order valence-corrected chi connectivity index (χ4v) is 2.37. The predicted molar refractivity (Wildman–Crippen MR) is 83.3 cm³/mol. The smallest absolute Gasteiger partial charge is 0.124 e. The molecule has 2 aromatic rings. The first-order valence-electron chi connectivity index (χ1n) is 7.00. The minimum Gasteiger partial charge on any atom is -0.496 e. The molecule has 4 heteroatoms. The number of nitrogens with zero attached hydrogens (tertiary/aromatic N) is 2. The average Bonchev–Trinajstić information content (AvgIpc) is 2.48. The molecule has 0 bridgehead atoms. The van der Waals surface area contributed by atoms with Gasteiger partial charge >= 0.3 is 0 Å². The number of aromatic nitrogens is 1. The summed E-state index contributed by atoms with van der Waals surface area (Å²) in [6, 6.07) is 9.82. The van der Waals surface area contributed by atoms with Gasteiger partial charge in [-0.1, -0.05) is 11.6 Å². The second kappa shape index (κ2) is 7.20. The Morgan fingerprint density at radius 2 is 1.95 bits per heavy atom. The summed E-state index contributed by atoms with van der Waals surface area (Å²) in [5.74, 6) is 0.727. The average molecular weight is 286 g/mol. The van der Waals surface area contributed by atoms with Crippen LogP contribution in [0.1, 0.15) is 22.8 Å². The maximum absolute atomic E-state index is 10.5. The molecule has 0 spiro atoms. The number of aryl methyl sites for hydroxylation is 1. The summed E-state index contributed by atoms with van der Waals surface area (Å²) >= 11 is 0. The molecule has 1 unspecified atom stereocenters. The molecule has 1 heterocycles. The van der Waals surface area contributed by atoms with Crippen LogP contribution in [0.4, 0.5) is 0 Å². The minimum atomic E-state index is -0.577. The van der Waals surface area contributed by atoms with Crippen LogP contribution < -0.4 is 4.74 Å². The highest BCUT2D eigenvalue weighted by molar-refractivity contribution is 5.38. The fraction of sp³-hybridized carbons (Fsp3) is 0.353. The Morgan fingerprint density at radius 1 is 1.24 bits per heavy atom. The number of rotatable bonds is 6. The second-order valence-electron chi connectivity index (χ2n) is 5.31. The van der Waals surface area contributed by atoms with Crippen molar-refractivity contribution in [1.82, 2.24) is 9.88 Å². The first-order chi connectivity index (χ1) is 10.1. The zero-order valence-corrected chi connectivity index (χ0v) is 12.8. The van der Waals surface area contributed by atoms with Crippen LogP contribution in [0, 0.1) is 6.92 Å². The van der Waals surface area contributed by atoms with Crippen molar-refractivity contribution >= 4 is 0 Å². The van der Waals surface area contributed by atoms with Gasteiger partial charge in [-0.2, -0.15) is 0 Å². The topological polar surface area (TPSA) is 45.6 Å².